The van der Waals surface area contributed by atoms with Crippen LogP contribution in [0.25, 0.3) is 0 Å². The molecule has 0 saturated heterocycles. The highest BCUT2D eigenvalue weighted by Crippen LogP contribution is 2.01. The zero-order valence-corrected chi connectivity index (χ0v) is 6.41. The van der Waals surface area contributed by atoms with Crippen LogP contribution in [0, 0.1) is 0 Å². The molecule has 10 heavy (non-hydrogen) atoms. The van der Waals surface area contributed by atoms with Crippen molar-refractivity contribution in [2.24, 2.45) is 5.73 Å². The standard InChI is InChI=1S/C6H10N2O.ClH/c7-6(9)5-1-3-8-4-2-5;/h1,8H,2-4H2,(H2,7,9);1H. The Hall–Kier alpha value is -0.540. The number of nitrogens with two attached hydrogens (primary N) is 1. The Kier molecular flexibility index (Phi) is 4.07. The molecule has 4 heteroatoms. The van der Waals surface area contributed by atoms with E-state index in [1.54, 1.807) is 0 Å². The van der Waals surface area contributed by atoms with Crippen molar-refractivity contribution in [1.29, 1.82) is 0 Å². The monoisotopic (exact) mass is 162 g/mol. The molecule has 0 aromatic carbocycles. The van der Waals surface area contributed by atoms with Crippen LogP contribution in [0.3, 0.4) is 0 Å². The van der Waals surface area contributed by atoms with Crippen molar-refractivity contribution in [2.45, 2.75) is 6.42 Å². The highest BCUT2D eigenvalue weighted by molar-refractivity contribution is 5.92. The van der Waals surface area contributed by atoms with Crippen LogP contribution in [0.5, 0.6) is 0 Å². The summed E-state index contributed by atoms with van der Waals surface area (Å²) >= 11 is 0. The number of hydrogen-bond acceptors (Lipinski definition) is 2. The van der Waals surface area contributed by atoms with Gasteiger partial charge in [-0.15, -0.1) is 12.4 Å². The maximum atomic E-state index is 10.5. The second kappa shape index (κ2) is 4.30. The van der Waals surface area contributed by atoms with E-state index >= 15 is 0 Å². The number of rotatable bonds is 1. The van der Waals surface area contributed by atoms with Gasteiger partial charge in [0.25, 0.3) is 0 Å². The second-order valence-electron chi connectivity index (χ2n) is 2.05. The summed E-state index contributed by atoms with van der Waals surface area (Å²) in [5.41, 5.74) is 5.79. The van der Waals surface area contributed by atoms with E-state index in [0.717, 1.165) is 25.1 Å². The molecule has 0 radical (unpaired) electrons. The first-order valence-electron chi connectivity index (χ1n) is 3.00. The minimum atomic E-state index is -0.281. The van der Waals surface area contributed by atoms with Gasteiger partial charge in [-0.25, -0.2) is 0 Å². The molecule has 1 aliphatic rings. The normalized spacial score (nSPS) is 17.0. The van der Waals surface area contributed by atoms with E-state index in [9.17, 15) is 4.79 Å². The second-order valence-corrected chi connectivity index (χ2v) is 2.05. The van der Waals surface area contributed by atoms with Crippen LogP contribution in [0.1, 0.15) is 6.42 Å². The molecule has 0 unspecified atom stereocenters. The molecular weight excluding hydrogens is 152 g/mol. The summed E-state index contributed by atoms with van der Waals surface area (Å²) in [7, 11) is 0. The van der Waals surface area contributed by atoms with E-state index in [-0.39, 0.29) is 18.3 Å². The molecule has 3 N–H and O–H groups in total. The van der Waals surface area contributed by atoms with Crippen molar-refractivity contribution in [1.82, 2.24) is 5.32 Å². The lowest BCUT2D eigenvalue weighted by Gasteiger charge is -2.09. The zero-order valence-electron chi connectivity index (χ0n) is 5.59. The Morgan fingerprint density at radius 1 is 1.70 bits per heavy atom. The Labute approximate surface area is 66.1 Å². The van der Waals surface area contributed by atoms with Crippen molar-refractivity contribution >= 4 is 18.3 Å². The van der Waals surface area contributed by atoms with Crippen LogP contribution in [-0.2, 0) is 4.79 Å². The third-order valence-corrected chi connectivity index (χ3v) is 1.38. The van der Waals surface area contributed by atoms with Crippen molar-refractivity contribution in [2.75, 3.05) is 13.1 Å². The largest absolute Gasteiger partial charge is 0.366 e. The third kappa shape index (κ3) is 2.37. The SMILES string of the molecule is Cl.NC(=O)C1=CCNCC1. The van der Waals surface area contributed by atoms with Crippen LogP contribution >= 0.6 is 12.4 Å². The number of carbonyl (C=O) groups is 1. The predicted octanol–water partition coefficient (Wildman–Crippen LogP) is -0.187. The molecular formula is C6H11ClN2O. The highest BCUT2D eigenvalue weighted by Gasteiger charge is 2.06. The summed E-state index contributed by atoms with van der Waals surface area (Å²) in [6.07, 6.45) is 2.61. The molecule has 0 saturated carbocycles. The molecule has 0 aliphatic carbocycles. The summed E-state index contributed by atoms with van der Waals surface area (Å²) in [4.78, 5) is 10.5. The number of primary amides is 1. The van der Waals surface area contributed by atoms with Gasteiger partial charge in [0, 0.05) is 12.1 Å². The Morgan fingerprint density at radius 2 is 2.40 bits per heavy atom. The topological polar surface area (TPSA) is 55.1 Å². The maximum absolute atomic E-state index is 10.5. The summed E-state index contributed by atoms with van der Waals surface area (Å²) in [5.74, 6) is -0.281. The van der Waals surface area contributed by atoms with Gasteiger partial charge in [-0.2, -0.15) is 0 Å². The molecule has 0 atom stereocenters. The van der Waals surface area contributed by atoms with Gasteiger partial charge in [0.15, 0.2) is 0 Å². The smallest absolute Gasteiger partial charge is 0.244 e. The molecule has 1 aliphatic heterocycles. The minimum absolute atomic E-state index is 0. The first-order chi connectivity index (χ1) is 4.30. The quantitative estimate of drug-likeness (QED) is 0.562. The Morgan fingerprint density at radius 3 is 2.70 bits per heavy atom. The summed E-state index contributed by atoms with van der Waals surface area (Å²) < 4.78 is 0. The van der Waals surface area contributed by atoms with Crippen molar-refractivity contribution in [3.05, 3.63) is 11.6 Å². The first kappa shape index (κ1) is 9.46. The van der Waals surface area contributed by atoms with Gasteiger partial charge in [0.05, 0.1) is 0 Å². The lowest BCUT2D eigenvalue weighted by molar-refractivity contribution is -0.114. The van der Waals surface area contributed by atoms with Crippen LogP contribution in [-0.4, -0.2) is 19.0 Å². The Bertz CT molecular complexity index is 156. The molecule has 0 fully saturated rings. The van der Waals surface area contributed by atoms with Gasteiger partial charge in [0.1, 0.15) is 0 Å². The van der Waals surface area contributed by atoms with Crippen molar-refractivity contribution in [3.8, 4) is 0 Å². The number of carbonyl (C=O) groups excluding carboxylic acids is 1. The first-order valence-corrected chi connectivity index (χ1v) is 3.00. The van der Waals surface area contributed by atoms with Crippen LogP contribution < -0.4 is 11.1 Å². The van der Waals surface area contributed by atoms with E-state index in [0.29, 0.717) is 0 Å². The number of halogens is 1. The summed E-state index contributed by atoms with van der Waals surface area (Å²) in [5, 5.41) is 3.09. The van der Waals surface area contributed by atoms with E-state index < -0.39 is 0 Å². The number of nitrogens with one attached hydrogen (secondary N) is 1. The van der Waals surface area contributed by atoms with Crippen LogP contribution in [0.4, 0.5) is 0 Å². The minimum Gasteiger partial charge on any atom is -0.366 e. The lowest BCUT2D eigenvalue weighted by Crippen LogP contribution is -2.26. The number of amides is 1. The van der Waals surface area contributed by atoms with Gasteiger partial charge in [-0.3, -0.25) is 4.79 Å². The molecule has 1 amide bonds. The summed E-state index contributed by atoms with van der Waals surface area (Å²) in [6, 6.07) is 0. The lowest BCUT2D eigenvalue weighted by atomic mass is 10.1. The number of hydrogen-bond donors (Lipinski definition) is 2. The van der Waals surface area contributed by atoms with Gasteiger partial charge < -0.3 is 11.1 Å². The molecule has 1 rings (SSSR count). The molecule has 0 aromatic heterocycles. The summed E-state index contributed by atoms with van der Waals surface area (Å²) in [6.45, 7) is 1.65. The van der Waals surface area contributed by atoms with Gasteiger partial charge >= 0.3 is 0 Å². The fourth-order valence-electron chi connectivity index (χ4n) is 0.846. The fraction of sp³-hybridized carbons (Fsp3) is 0.500. The van der Waals surface area contributed by atoms with Crippen molar-refractivity contribution < 1.29 is 4.79 Å². The molecule has 0 bridgehead atoms. The van der Waals surface area contributed by atoms with Gasteiger partial charge in [-0.05, 0) is 13.0 Å². The predicted molar refractivity (Wildman–Crippen MR) is 42.0 cm³/mol. The van der Waals surface area contributed by atoms with Gasteiger partial charge in [0.2, 0.25) is 5.91 Å². The van der Waals surface area contributed by atoms with E-state index in [2.05, 4.69) is 5.32 Å². The fourth-order valence-corrected chi connectivity index (χ4v) is 0.846. The molecule has 3 nitrogen and oxygen atoms in total. The molecule has 0 spiro atoms. The van der Waals surface area contributed by atoms with Gasteiger partial charge in [-0.1, -0.05) is 6.08 Å². The molecule has 58 valence electrons. The average molecular weight is 163 g/mol. The van der Waals surface area contributed by atoms with Crippen LogP contribution in [0.15, 0.2) is 11.6 Å². The van der Waals surface area contributed by atoms with E-state index in [4.69, 9.17) is 5.73 Å². The molecule has 1 heterocycles. The average Bonchev–Trinajstić information content (AvgIpc) is 1.90. The Balaban J connectivity index is 0.000000810. The zero-order chi connectivity index (χ0) is 6.69. The third-order valence-electron chi connectivity index (χ3n) is 1.38. The maximum Gasteiger partial charge on any atom is 0.244 e. The van der Waals surface area contributed by atoms with Crippen molar-refractivity contribution in [3.63, 3.8) is 0 Å². The van der Waals surface area contributed by atoms with Crippen LogP contribution in [0.2, 0.25) is 0 Å². The van der Waals surface area contributed by atoms with E-state index in [1.807, 2.05) is 6.08 Å². The highest BCUT2D eigenvalue weighted by atomic mass is 35.5. The molecule has 0 aromatic rings. The van der Waals surface area contributed by atoms with E-state index in [1.165, 1.54) is 0 Å².